The van der Waals surface area contributed by atoms with Crippen molar-refractivity contribution in [1.29, 1.82) is 0 Å². The average Bonchev–Trinajstić information content (AvgIpc) is 2.78. The predicted molar refractivity (Wildman–Crippen MR) is 69.6 cm³/mol. The molecule has 102 valence electrons. The van der Waals surface area contributed by atoms with E-state index in [1.165, 1.54) is 12.3 Å². The normalized spacial score (nSPS) is 11.5. The Balaban J connectivity index is 2.41. The van der Waals surface area contributed by atoms with Crippen molar-refractivity contribution in [3.8, 4) is 0 Å². The number of hydrogen-bond acceptors (Lipinski definition) is 4. The van der Waals surface area contributed by atoms with Crippen LogP contribution in [0.4, 0.5) is 15.9 Å². The molecule has 2 rings (SSSR count). The van der Waals surface area contributed by atoms with Gasteiger partial charge < -0.3 is 5.73 Å². The molecule has 0 bridgehead atoms. The molecule has 1 aromatic carbocycles. The number of benzene rings is 1. The molecule has 6 nitrogen and oxygen atoms in total. The second kappa shape index (κ2) is 4.88. The number of aromatic amines is 1. The maximum atomic E-state index is 13.6. The first kappa shape index (κ1) is 13.3. The molecule has 0 unspecified atom stereocenters. The highest BCUT2D eigenvalue weighted by Gasteiger charge is 2.21. The summed E-state index contributed by atoms with van der Waals surface area (Å²) in [6.07, 6.45) is 2.10. The molecule has 19 heavy (non-hydrogen) atoms. The lowest BCUT2D eigenvalue weighted by atomic mass is 10.3. The van der Waals surface area contributed by atoms with Crippen LogP contribution in [0.25, 0.3) is 0 Å². The van der Waals surface area contributed by atoms with Crippen LogP contribution in [0.15, 0.2) is 29.3 Å². The zero-order valence-electron chi connectivity index (χ0n) is 10.1. The Morgan fingerprint density at radius 2 is 2.21 bits per heavy atom. The highest BCUT2D eigenvalue weighted by atomic mass is 32.2. The Morgan fingerprint density at radius 3 is 2.89 bits per heavy atom. The van der Waals surface area contributed by atoms with Gasteiger partial charge in [-0.3, -0.25) is 9.82 Å². The zero-order valence-corrected chi connectivity index (χ0v) is 11.0. The van der Waals surface area contributed by atoms with Gasteiger partial charge in [0.25, 0.3) is 10.0 Å². The molecule has 1 aromatic heterocycles. The molecule has 8 heteroatoms. The van der Waals surface area contributed by atoms with Crippen molar-refractivity contribution >= 4 is 21.5 Å². The Morgan fingerprint density at radius 1 is 1.47 bits per heavy atom. The number of aryl methyl sites for hydroxylation is 1. The third-order valence-corrected chi connectivity index (χ3v) is 3.94. The van der Waals surface area contributed by atoms with Crippen molar-refractivity contribution in [1.82, 2.24) is 10.2 Å². The lowest BCUT2D eigenvalue weighted by molar-refractivity contribution is 0.570. The Kier molecular flexibility index (Phi) is 3.43. The highest BCUT2D eigenvalue weighted by molar-refractivity contribution is 7.92. The lowest BCUT2D eigenvalue weighted by Gasteiger charge is -2.09. The molecule has 0 amide bonds. The quantitative estimate of drug-likeness (QED) is 0.740. The van der Waals surface area contributed by atoms with E-state index in [4.69, 9.17) is 5.73 Å². The molecule has 4 N–H and O–H groups in total. The first-order chi connectivity index (χ1) is 8.94. The number of hydrogen-bond donors (Lipinski definition) is 3. The summed E-state index contributed by atoms with van der Waals surface area (Å²) < 4.78 is 40.0. The standard InChI is InChI=1S/C11H13FN4O2S/c1-2-7-6-14-15-11(7)16-19(17,18)10-5-8(13)3-4-9(10)12/h3-6H,2,13H2,1H3,(H2,14,15,16). The van der Waals surface area contributed by atoms with Gasteiger partial charge in [-0.2, -0.15) is 5.10 Å². The van der Waals surface area contributed by atoms with E-state index in [0.29, 0.717) is 12.0 Å². The molecule has 2 aromatic rings. The fourth-order valence-electron chi connectivity index (χ4n) is 1.58. The fourth-order valence-corrected chi connectivity index (χ4v) is 2.75. The highest BCUT2D eigenvalue weighted by Crippen LogP contribution is 2.21. The number of halogens is 1. The Bertz CT molecular complexity index is 696. The van der Waals surface area contributed by atoms with Crippen LogP contribution in [0.1, 0.15) is 12.5 Å². The Hall–Kier alpha value is -2.09. The van der Waals surface area contributed by atoms with Crippen molar-refractivity contribution in [2.75, 3.05) is 10.5 Å². The summed E-state index contributed by atoms with van der Waals surface area (Å²) in [5.41, 5.74) is 6.33. The largest absolute Gasteiger partial charge is 0.399 e. The second-order valence-electron chi connectivity index (χ2n) is 3.92. The number of nitrogens with one attached hydrogen (secondary N) is 2. The molecule has 0 radical (unpaired) electrons. The van der Waals surface area contributed by atoms with Crippen LogP contribution >= 0.6 is 0 Å². The molecular formula is C11H13FN4O2S. The maximum absolute atomic E-state index is 13.6. The van der Waals surface area contributed by atoms with Crippen LogP contribution in [0.2, 0.25) is 0 Å². The number of nitrogen functional groups attached to an aromatic ring is 1. The van der Waals surface area contributed by atoms with Crippen molar-refractivity contribution in [2.24, 2.45) is 0 Å². The summed E-state index contributed by atoms with van der Waals surface area (Å²) >= 11 is 0. The van der Waals surface area contributed by atoms with E-state index in [9.17, 15) is 12.8 Å². The smallest absolute Gasteiger partial charge is 0.266 e. The predicted octanol–water partition coefficient (Wildman–Crippen LogP) is 1.49. The summed E-state index contributed by atoms with van der Waals surface area (Å²) in [6.45, 7) is 1.85. The van der Waals surface area contributed by atoms with Crippen molar-refractivity contribution in [2.45, 2.75) is 18.2 Å². The first-order valence-electron chi connectivity index (χ1n) is 5.54. The van der Waals surface area contributed by atoms with E-state index >= 15 is 0 Å². The van der Waals surface area contributed by atoms with E-state index in [2.05, 4.69) is 14.9 Å². The molecule has 0 aliphatic heterocycles. The molecule has 0 atom stereocenters. The number of anilines is 2. The van der Waals surface area contributed by atoms with E-state index in [-0.39, 0.29) is 11.5 Å². The number of nitrogens with two attached hydrogens (primary N) is 1. The van der Waals surface area contributed by atoms with Crippen LogP contribution in [-0.2, 0) is 16.4 Å². The first-order valence-corrected chi connectivity index (χ1v) is 7.02. The topological polar surface area (TPSA) is 101 Å². The van der Waals surface area contributed by atoms with Gasteiger partial charge in [0.1, 0.15) is 16.5 Å². The zero-order chi connectivity index (χ0) is 14.0. The van der Waals surface area contributed by atoms with Gasteiger partial charge in [0.15, 0.2) is 0 Å². The minimum Gasteiger partial charge on any atom is -0.399 e. The molecule has 1 heterocycles. The van der Waals surface area contributed by atoms with Crippen molar-refractivity contribution < 1.29 is 12.8 Å². The van der Waals surface area contributed by atoms with Crippen LogP contribution in [-0.4, -0.2) is 18.6 Å². The van der Waals surface area contributed by atoms with Gasteiger partial charge in [-0.05, 0) is 24.6 Å². The number of nitrogens with zero attached hydrogens (tertiary/aromatic N) is 1. The van der Waals surface area contributed by atoms with Gasteiger partial charge in [-0.1, -0.05) is 6.92 Å². The van der Waals surface area contributed by atoms with E-state index in [1.807, 2.05) is 6.92 Å². The number of aromatic nitrogens is 2. The summed E-state index contributed by atoms with van der Waals surface area (Å²) in [5.74, 6) is -0.636. The van der Waals surface area contributed by atoms with E-state index < -0.39 is 20.7 Å². The number of H-pyrrole nitrogens is 1. The average molecular weight is 284 g/mol. The monoisotopic (exact) mass is 284 g/mol. The molecule has 0 aliphatic carbocycles. The third-order valence-electron chi connectivity index (χ3n) is 2.58. The van der Waals surface area contributed by atoms with Crippen LogP contribution < -0.4 is 10.5 Å². The van der Waals surface area contributed by atoms with Gasteiger partial charge in [0.05, 0.1) is 6.20 Å². The summed E-state index contributed by atoms with van der Waals surface area (Å²) in [5, 5.41) is 6.26. The van der Waals surface area contributed by atoms with Crippen molar-refractivity contribution in [3.63, 3.8) is 0 Å². The number of sulfonamides is 1. The molecule has 0 aliphatic rings. The van der Waals surface area contributed by atoms with Crippen LogP contribution in [0, 0.1) is 5.82 Å². The minimum absolute atomic E-state index is 0.169. The van der Waals surface area contributed by atoms with Gasteiger partial charge in [-0.25, -0.2) is 12.8 Å². The molecule has 0 saturated carbocycles. The van der Waals surface area contributed by atoms with Gasteiger partial charge in [0, 0.05) is 11.3 Å². The van der Waals surface area contributed by atoms with Gasteiger partial charge >= 0.3 is 0 Å². The van der Waals surface area contributed by atoms with E-state index in [0.717, 1.165) is 12.1 Å². The minimum atomic E-state index is -4.05. The summed E-state index contributed by atoms with van der Waals surface area (Å²) in [7, 11) is -4.05. The van der Waals surface area contributed by atoms with Crippen LogP contribution in [0.5, 0.6) is 0 Å². The molecule has 0 saturated heterocycles. The van der Waals surface area contributed by atoms with Crippen molar-refractivity contribution in [3.05, 3.63) is 35.8 Å². The molecule has 0 fully saturated rings. The second-order valence-corrected chi connectivity index (χ2v) is 5.57. The Labute approximate surface area is 109 Å². The lowest BCUT2D eigenvalue weighted by Crippen LogP contribution is -2.16. The summed E-state index contributed by atoms with van der Waals surface area (Å²) in [4.78, 5) is -0.496. The number of rotatable bonds is 4. The third kappa shape index (κ3) is 2.68. The van der Waals surface area contributed by atoms with Crippen LogP contribution in [0.3, 0.4) is 0 Å². The maximum Gasteiger partial charge on any atom is 0.266 e. The van der Waals surface area contributed by atoms with Gasteiger partial charge in [0.2, 0.25) is 0 Å². The summed E-state index contributed by atoms with van der Waals surface area (Å²) in [6, 6.07) is 3.37. The van der Waals surface area contributed by atoms with Gasteiger partial charge in [-0.15, -0.1) is 0 Å². The van der Waals surface area contributed by atoms with E-state index in [1.54, 1.807) is 0 Å². The molecule has 0 spiro atoms. The molecular weight excluding hydrogens is 271 g/mol. The fraction of sp³-hybridized carbons (Fsp3) is 0.182. The SMILES string of the molecule is CCc1cn[nH]c1NS(=O)(=O)c1cc(N)ccc1F.